The molecule has 26 heavy (non-hydrogen) atoms. The van der Waals surface area contributed by atoms with E-state index >= 15 is 0 Å². The van der Waals surface area contributed by atoms with Gasteiger partial charge in [0.1, 0.15) is 11.3 Å². The highest BCUT2D eigenvalue weighted by atomic mass is 35.5. The normalized spacial score (nSPS) is 11.0. The summed E-state index contributed by atoms with van der Waals surface area (Å²) in [4.78, 5) is 22.6. The maximum atomic E-state index is 11.8. The van der Waals surface area contributed by atoms with Crippen LogP contribution in [0.25, 0.3) is 11.2 Å². The lowest BCUT2D eigenvalue weighted by Gasteiger charge is -2.17. The van der Waals surface area contributed by atoms with Crippen molar-refractivity contribution < 1.29 is 9.53 Å². The minimum atomic E-state index is -0.489. The Bertz CT molecular complexity index is 999. The number of nitrogens with zero attached hydrogens (tertiary/aromatic N) is 4. The van der Waals surface area contributed by atoms with Gasteiger partial charge in [-0.25, -0.2) is 14.8 Å². The smallest absolute Gasteiger partial charge is 0.356 e. The van der Waals surface area contributed by atoms with E-state index in [9.17, 15) is 4.79 Å². The van der Waals surface area contributed by atoms with Gasteiger partial charge in [-0.05, 0) is 36.8 Å². The lowest BCUT2D eigenvalue weighted by atomic mass is 10.2. The second kappa shape index (κ2) is 7.13. The molecule has 0 unspecified atom stereocenters. The van der Waals surface area contributed by atoms with Gasteiger partial charge in [0, 0.05) is 19.1 Å². The van der Waals surface area contributed by atoms with Gasteiger partial charge >= 0.3 is 5.97 Å². The third kappa shape index (κ3) is 3.34. The van der Waals surface area contributed by atoms with Crippen LogP contribution >= 0.6 is 23.2 Å². The Kier molecular flexibility index (Phi) is 5.07. The number of carbonyl (C=O) groups is 1. The number of carbonyl (C=O) groups excluding carboxylic acids is 1. The van der Waals surface area contributed by atoms with Crippen molar-refractivity contribution in [2.45, 2.75) is 13.5 Å². The number of esters is 1. The third-order valence-electron chi connectivity index (χ3n) is 4.10. The number of hydrogen-bond acceptors (Lipinski definition) is 5. The number of anilines is 1. The molecule has 1 aromatic carbocycles. The first kappa shape index (κ1) is 18.5. The van der Waals surface area contributed by atoms with Crippen LogP contribution in [0.3, 0.4) is 0 Å². The fourth-order valence-electron chi connectivity index (χ4n) is 2.74. The average Bonchev–Trinajstić information content (AvgIpc) is 2.90. The molecule has 0 aliphatic carbocycles. The number of fused-ring (bicyclic) bond motifs is 1. The van der Waals surface area contributed by atoms with E-state index in [2.05, 4.69) is 9.97 Å². The topological polar surface area (TPSA) is 60.2 Å². The molecule has 0 spiro atoms. The zero-order valence-electron chi connectivity index (χ0n) is 14.9. The molecule has 2 aromatic heterocycles. The van der Waals surface area contributed by atoms with Crippen molar-refractivity contribution in [1.29, 1.82) is 0 Å². The second-order valence-corrected chi connectivity index (χ2v) is 6.88. The zero-order chi connectivity index (χ0) is 19.0. The maximum absolute atomic E-state index is 11.8. The highest BCUT2D eigenvalue weighted by Crippen LogP contribution is 2.32. The van der Waals surface area contributed by atoms with Crippen LogP contribution in [0.15, 0.2) is 24.3 Å². The van der Waals surface area contributed by atoms with Gasteiger partial charge in [-0.2, -0.15) is 0 Å². The van der Waals surface area contributed by atoms with Crippen LogP contribution < -0.4 is 4.90 Å². The van der Waals surface area contributed by atoms with E-state index < -0.39 is 5.97 Å². The molecule has 136 valence electrons. The predicted molar refractivity (Wildman–Crippen MR) is 103 cm³/mol. The van der Waals surface area contributed by atoms with Crippen LogP contribution in [0, 0.1) is 6.92 Å². The van der Waals surface area contributed by atoms with E-state index in [-0.39, 0.29) is 5.69 Å². The van der Waals surface area contributed by atoms with Crippen molar-refractivity contribution in [2.24, 2.45) is 0 Å². The Hall–Kier alpha value is -2.31. The van der Waals surface area contributed by atoms with E-state index in [4.69, 9.17) is 27.9 Å². The Balaban J connectivity index is 2.10. The van der Waals surface area contributed by atoms with Crippen molar-refractivity contribution in [3.8, 4) is 0 Å². The van der Waals surface area contributed by atoms with Crippen LogP contribution in [0.2, 0.25) is 10.0 Å². The van der Waals surface area contributed by atoms with Crippen molar-refractivity contribution in [2.75, 3.05) is 26.1 Å². The molecule has 0 N–H and O–H groups in total. The summed E-state index contributed by atoms with van der Waals surface area (Å²) < 4.78 is 6.67. The number of ether oxygens (including phenoxy) is 1. The first-order valence-electron chi connectivity index (χ1n) is 7.89. The number of hydrogen-bond donors (Lipinski definition) is 0. The molecular formula is C18H18Cl2N4O2. The molecule has 0 saturated carbocycles. The van der Waals surface area contributed by atoms with Gasteiger partial charge < -0.3 is 14.2 Å². The van der Waals surface area contributed by atoms with Crippen molar-refractivity contribution in [3.63, 3.8) is 0 Å². The maximum Gasteiger partial charge on any atom is 0.356 e. The molecule has 0 atom stereocenters. The van der Waals surface area contributed by atoms with Gasteiger partial charge in [0.05, 0.1) is 24.4 Å². The summed E-state index contributed by atoms with van der Waals surface area (Å²) in [6.07, 6.45) is 0. The third-order valence-corrected chi connectivity index (χ3v) is 4.76. The molecule has 0 aliphatic rings. The highest BCUT2D eigenvalue weighted by molar-refractivity contribution is 6.36. The van der Waals surface area contributed by atoms with Crippen LogP contribution in [0.1, 0.15) is 21.9 Å². The summed E-state index contributed by atoms with van der Waals surface area (Å²) in [6, 6.07) is 7.03. The first-order valence-corrected chi connectivity index (χ1v) is 8.65. The first-order chi connectivity index (χ1) is 12.3. The lowest BCUT2D eigenvalue weighted by Crippen LogP contribution is -2.11. The fraction of sp³-hybridized carbons (Fsp3) is 0.278. The molecule has 0 aliphatic heterocycles. The zero-order valence-corrected chi connectivity index (χ0v) is 16.4. The van der Waals surface area contributed by atoms with Gasteiger partial charge in [-0.1, -0.05) is 23.2 Å². The van der Waals surface area contributed by atoms with Gasteiger partial charge in [-0.15, -0.1) is 0 Å². The fourth-order valence-corrected chi connectivity index (χ4v) is 3.35. The van der Waals surface area contributed by atoms with Crippen LogP contribution in [0.5, 0.6) is 0 Å². The molecule has 0 bridgehead atoms. The monoisotopic (exact) mass is 392 g/mol. The number of aromatic nitrogens is 3. The molecule has 0 radical (unpaired) electrons. The quantitative estimate of drug-likeness (QED) is 0.629. The largest absolute Gasteiger partial charge is 0.464 e. The summed E-state index contributed by atoms with van der Waals surface area (Å²) in [5.41, 5.74) is 3.29. The van der Waals surface area contributed by atoms with Gasteiger partial charge in [0.15, 0.2) is 11.3 Å². The highest BCUT2D eigenvalue weighted by Gasteiger charge is 2.16. The lowest BCUT2D eigenvalue weighted by molar-refractivity contribution is 0.0594. The van der Waals surface area contributed by atoms with Gasteiger partial charge in [0.25, 0.3) is 0 Å². The molecule has 2 heterocycles. The summed E-state index contributed by atoms with van der Waals surface area (Å²) in [7, 11) is 5.16. The number of imidazole rings is 1. The van der Waals surface area contributed by atoms with Gasteiger partial charge in [-0.3, -0.25) is 0 Å². The Morgan fingerprint density at radius 2 is 1.92 bits per heavy atom. The number of aryl methyl sites for hydroxylation is 1. The minimum absolute atomic E-state index is 0.234. The Morgan fingerprint density at radius 1 is 1.19 bits per heavy atom. The molecule has 6 nitrogen and oxygen atoms in total. The molecule has 3 aromatic rings. The summed E-state index contributed by atoms with van der Waals surface area (Å²) in [5, 5.41) is 1.15. The summed E-state index contributed by atoms with van der Waals surface area (Å²) in [5.74, 6) is 0.281. The standard InChI is InChI=1S/C18H18Cl2N4O2/c1-10-21-14-5-6-15(18(25)26-4)22-17(14)24(10)9-11-7-16(23(2)3)13(20)8-12(11)19/h5-8H,9H2,1-4H3. The van der Waals surface area contributed by atoms with E-state index in [0.717, 1.165) is 17.1 Å². The van der Waals surface area contributed by atoms with Crippen molar-refractivity contribution >= 4 is 46.0 Å². The number of methoxy groups -OCH3 is 1. The molecule has 3 rings (SSSR count). The molecular weight excluding hydrogens is 375 g/mol. The number of pyridine rings is 1. The van der Waals surface area contributed by atoms with Crippen molar-refractivity contribution in [1.82, 2.24) is 14.5 Å². The molecule has 0 fully saturated rings. The number of rotatable bonds is 4. The van der Waals surface area contributed by atoms with Crippen LogP contribution in [0.4, 0.5) is 5.69 Å². The Labute approximate surface area is 161 Å². The van der Waals surface area contributed by atoms with Crippen LogP contribution in [-0.2, 0) is 11.3 Å². The van der Waals surface area contributed by atoms with E-state index in [1.807, 2.05) is 36.6 Å². The molecule has 0 amide bonds. The van der Waals surface area contributed by atoms with Crippen molar-refractivity contribution in [3.05, 3.63) is 51.4 Å². The molecule has 8 heteroatoms. The molecule has 0 saturated heterocycles. The number of halogens is 2. The number of benzene rings is 1. The Morgan fingerprint density at radius 3 is 2.58 bits per heavy atom. The van der Waals surface area contributed by atoms with Gasteiger partial charge in [0.2, 0.25) is 0 Å². The predicted octanol–water partition coefficient (Wildman–Crippen LogP) is 3.95. The van der Waals surface area contributed by atoms with Crippen LogP contribution in [-0.4, -0.2) is 41.7 Å². The second-order valence-electron chi connectivity index (χ2n) is 6.07. The summed E-state index contributed by atoms with van der Waals surface area (Å²) in [6.45, 7) is 2.34. The average molecular weight is 393 g/mol. The van der Waals surface area contributed by atoms with E-state index in [1.54, 1.807) is 18.2 Å². The minimum Gasteiger partial charge on any atom is -0.464 e. The van der Waals surface area contributed by atoms with E-state index in [0.29, 0.717) is 27.8 Å². The SMILES string of the molecule is COC(=O)c1ccc2nc(C)n(Cc3cc(N(C)C)c(Cl)cc3Cl)c2n1. The van der Waals surface area contributed by atoms with E-state index in [1.165, 1.54) is 7.11 Å². The summed E-state index contributed by atoms with van der Waals surface area (Å²) >= 11 is 12.7.